The standard InChI is InChI=1S/C11H18N4O2/c1-2-11(17)15-5-3-4-10(15)7-14-6-9(8-16)12-13-14/h6,10,16H,2-5,7-8H2,1H3. The van der Waals surface area contributed by atoms with Crippen LogP contribution in [0.5, 0.6) is 0 Å². The van der Waals surface area contributed by atoms with Gasteiger partial charge in [0.2, 0.25) is 5.91 Å². The number of rotatable bonds is 4. The summed E-state index contributed by atoms with van der Waals surface area (Å²) in [6, 6.07) is 0.218. The number of likely N-dealkylation sites (tertiary alicyclic amines) is 1. The molecule has 94 valence electrons. The highest BCUT2D eigenvalue weighted by molar-refractivity contribution is 5.76. The zero-order valence-corrected chi connectivity index (χ0v) is 10.0. The number of aromatic nitrogens is 3. The molecule has 1 saturated heterocycles. The van der Waals surface area contributed by atoms with Crippen molar-refractivity contribution in [3.63, 3.8) is 0 Å². The number of hydrogen-bond donors (Lipinski definition) is 1. The lowest BCUT2D eigenvalue weighted by atomic mass is 10.2. The zero-order valence-electron chi connectivity index (χ0n) is 10.0. The number of carbonyl (C=O) groups is 1. The Morgan fingerprint density at radius 1 is 1.65 bits per heavy atom. The van der Waals surface area contributed by atoms with Crippen molar-refractivity contribution >= 4 is 5.91 Å². The van der Waals surface area contributed by atoms with Gasteiger partial charge in [0.25, 0.3) is 0 Å². The van der Waals surface area contributed by atoms with Gasteiger partial charge in [-0.15, -0.1) is 5.10 Å². The maximum absolute atomic E-state index is 11.7. The van der Waals surface area contributed by atoms with Crippen LogP contribution >= 0.6 is 0 Å². The Morgan fingerprint density at radius 3 is 3.12 bits per heavy atom. The summed E-state index contributed by atoms with van der Waals surface area (Å²) in [5, 5.41) is 16.7. The largest absolute Gasteiger partial charge is 0.390 e. The fraction of sp³-hybridized carbons (Fsp3) is 0.727. The summed E-state index contributed by atoms with van der Waals surface area (Å²) in [7, 11) is 0. The van der Waals surface area contributed by atoms with Gasteiger partial charge in [-0.1, -0.05) is 12.1 Å². The zero-order chi connectivity index (χ0) is 12.3. The molecule has 0 aliphatic carbocycles. The van der Waals surface area contributed by atoms with E-state index >= 15 is 0 Å². The highest BCUT2D eigenvalue weighted by atomic mass is 16.3. The third-order valence-electron chi connectivity index (χ3n) is 3.15. The molecule has 1 amide bonds. The first-order valence-electron chi connectivity index (χ1n) is 6.04. The molecule has 17 heavy (non-hydrogen) atoms. The quantitative estimate of drug-likeness (QED) is 0.811. The predicted molar refractivity (Wildman–Crippen MR) is 61.0 cm³/mol. The first-order valence-corrected chi connectivity index (χ1v) is 6.04. The summed E-state index contributed by atoms with van der Waals surface area (Å²) in [4.78, 5) is 13.6. The van der Waals surface area contributed by atoms with Crippen molar-refractivity contribution in [3.8, 4) is 0 Å². The molecule has 0 radical (unpaired) electrons. The minimum Gasteiger partial charge on any atom is -0.390 e. The topological polar surface area (TPSA) is 71.2 Å². The van der Waals surface area contributed by atoms with Crippen molar-refractivity contribution in [2.75, 3.05) is 6.54 Å². The summed E-state index contributed by atoms with van der Waals surface area (Å²) >= 11 is 0. The molecule has 1 aliphatic rings. The Morgan fingerprint density at radius 2 is 2.47 bits per heavy atom. The highest BCUT2D eigenvalue weighted by Crippen LogP contribution is 2.19. The van der Waals surface area contributed by atoms with Gasteiger partial charge in [-0.05, 0) is 12.8 Å². The van der Waals surface area contributed by atoms with Crippen molar-refractivity contribution in [1.29, 1.82) is 0 Å². The minimum absolute atomic E-state index is 0.0950. The van der Waals surface area contributed by atoms with E-state index in [4.69, 9.17) is 5.11 Å². The molecule has 6 nitrogen and oxygen atoms in total. The van der Waals surface area contributed by atoms with Gasteiger partial charge in [0.15, 0.2) is 0 Å². The van der Waals surface area contributed by atoms with Crippen LogP contribution in [0.2, 0.25) is 0 Å². The molecule has 0 spiro atoms. The molecule has 0 saturated carbocycles. The van der Waals surface area contributed by atoms with E-state index in [-0.39, 0.29) is 18.6 Å². The summed E-state index contributed by atoms with van der Waals surface area (Å²) in [5.74, 6) is 0.204. The van der Waals surface area contributed by atoms with Gasteiger partial charge in [0.1, 0.15) is 5.69 Å². The fourth-order valence-corrected chi connectivity index (χ4v) is 2.27. The lowest BCUT2D eigenvalue weighted by Gasteiger charge is -2.23. The second-order valence-electron chi connectivity index (χ2n) is 4.33. The van der Waals surface area contributed by atoms with Gasteiger partial charge >= 0.3 is 0 Å². The van der Waals surface area contributed by atoms with Crippen molar-refractivity contribution in [3.05, 3.63) is 11.9 Å². The minimum atomic E-state index is -0.0950. The van der Waals surface area contributed by atoms with Crippen LogP contribution in [0, 0.1) is 0 Å². The van der Waals surface area contributed by atoms with Crippen LogP contribution in [0.25, 0.3) is 0 Å². The van der Waals surface area contributed by atoms with E-state index in [0.29, 0.717) is 18.7 Å². The van der Waals surface area contributed by atoms with E-state index in [1.54, 1.807) is 10.9 Å². The van der Waals surface area contributed by atoms with Crippen molar-refractivity contribution < 1.29 is 9.90 Å². The Balaban J connectivity index is 2.00. The Kier molecular flexibility index (Phi) is 3.73. The molecule has 1 aromatic rings. The van der Waals surface area contributed by atoms with E-state index in [1.807, 2.05) is 11.8 Å². The third-order valence-corrected chi connectivity index (χ3v) is 3.15. The second kappa shape index (κ2) is 5.27. The number of nitrogens with zero attached hydrogens (tertiary/aromatic N) is 4. The Hall–Kier alpha value is -1.43. The number of aliphatic hydroxyl groups excluding tert-OH is 1. The Labute approximate surface area is 100 Å². The van der Waals surface area contributed by atoms with Crippen LogP contribution in [0.4, 0.5) is 0 Å². The van der Waals surface area contributed by atoms with Crippen molar-refractivity contribution in [1.82, 2.24) is 19.9 Å². The lowest BCUT2D eigenvalue weighted by molar-refractivity contribution is -0.131. The van der Waals surface area contributed by atoms with E-state index in [2.05, 4.69) is 10.3 Å². The van der Waals surface area contributed by atoms with E-state index in [0.717, 1.165) is 19.4 Å². The molecule has 0 bridgehead atoms. The average molecular weight is 238 g/mol. The number of carbonyl (C=O) groups excluding carboxylic acids is 1. The molecule has 1 N–H and O–H groups in total. The number of aliphatic hydroxyl groups is 1. The summed E-state index contributed by atoms with van der Waals surface area (Å²) in [6.07, 6.45) is 4.35. The summed E-state index contributed by atoms with van der Waals surface area (Å²) < 4.78 is 1.71. The molecule has 1 fully saturated rings. The van der Waals surface area contributed by atoms with Crippen molar-refractivity contribution in [2.45, 2.75) is 45.4 Å². The maximum Gasteiger partial charge on any atom is 0.222 e. The lowest BCUT2D eigenvalue weighted by Crippen LogP contribution is -2.37. The predicted octanol–water partition coefficient (Wildman–Crippen LogP) is 0.171. The van der Waals surface area contributed by atoms with Gasteiger partial charge in [0.05, 0.1) is 25.4 Å². The van der Waals surface area contributed by atoms with Crippen LogP contribution < -0.4 is 0 Å². The highest BCUT2D eigenvalue weighted by Gasteiger charge is 2.28. The SMILES string of the molecule is CCC(=O)N1CCCC1Cn1cc(CO)nn1. The smallest absolute Gasteiger partial charge is 0.222 e. The Bertz CT molecular complexity index is 391. The fourth-order valence-electron chi connectivity index (χ4n) is 2.27. The van der Waals surface area contributed by atoms with Gasteiger partial charge < -0.3 is 10.0 Å². The van der Waals surface area contributed by atoms with Crippen LogP contribution in [-0.2, 0) is 17.9 Å². The van der Waals surface area contributed by atoms with Gasteiger partial charge in [-0.2, -0.15) is 0 Å². The molecule has 1 aliphatic heterocycles. The second-order valence-corrected chi connectivity index (χ2v) is 4.33. The van der Waals surface area contributed by atoms with E-state index in [1.165, 1.54) is 0 Å². The van der Waals surface area contributed by atoms with Crippen LogP contribution in [0.3, 0.4) is 0 Å². The van der Waals surface area contributed by atoms with Crippen molar-refractivity contribution in [2.24, 2.45) is 0 Å². The van der Waals surface area contributed by atoms with Gasteiger partial charge in [-0.25, -0.2) is 0 Å². The molecule has 1 unspecified atom stereocenters. The molecule has 0 aromatic carbocycles. The molecule has 6 heteroatoms. The summed E-state index contributed by atoms with van der Waals surface area (Å²) in [6.45, 7) is 3.30. The molecular weight excluding hydrogens is 220 g/mol. The molecule has 1 atom stereocenters. The van der Waals surface area contributed by atoms with Crippen LogP contribution in [-0.4, -0.2) is 43.5 Å². The normalized spacial score (nSPS) is 19.9. The first kappa shape index (κ1) is 12.0. The van der Waals surface area contributed by atoms with Crippen LogP contribution in [0.15, 0.2) is 6.20 Å². The number of amides is 1. The third kappa shape index (κ3) is 2.63. The van der Waals surface area contributed by atoms with E-state index < -0.39 is 0 Å². The van der Waals surface area contributed by atoms with Crippen LogP contribution in [0.1, 0.15) is 31.9 Å². The first-order chi connectivity index (χ1) is 8.24. The van der Waals surface area contributed by atoms with Gasteiger partial charge in [-0.3, -0.25) is 9.48 Å². The van der Waals surface area contributed by atoms with E-state index in [9.17, 15) is 4.79 Å². The van der Waals surface area contributed by atoms with Gasteiger partial charge in [0, 0.05) is 13.0 Å². The molecule has 1 aromatic heterocycles. The molecular formula is C11H18N4O2. The summed E-state index contributed by atoms with van der Waals surface area (Å²) in [5.41, 5.74) is 0.566. The number of hydrogen-bond acceptors (Lipinski definition) is 4. The maximum atomic E-state index is 11.7. The molecule has 2 rings (SSSR count). The average Bonchev–Trinajstić information content (AvgIpc) is 2.97. The monoisotopic (exact) mass is 238 g/mol. The molecule has 2 heterocycles.